The van der Waals surface area contributed by atoms with Gasteiger partial charge in [-0.25, -0.2) is 13.7 Å². The van der Waals surface area contributed by atoms with E-state index >= 15 is 4.39 Å². The largest absolute Gasteiger partial charge is 0.378 e. The summed E-state index contributed by atoms with van der Waals surface area (Å²) in [6.07, 6.45) is 1.57. The van der Waals surface area contributed by atoms with Crippen molar-refractivity contribution in [1.29, 1.82) is 0 Å². The Morgan fingerprint density at radius 1 is 1.21 bits per heavy atom. The number of hydrogen-bond acceptors (Lipinski definition) is 7. The van der Waals surface area contributed by atoms with E-state index in [1.807, 2.05) is 5.01 Å². The van der Waals surface area contributed by atoms with Gasteiger partial charge in [-0.2, -0.15) is 5.10 Å². The normalized spacial score (nSPS) is 14.8. The first-order chi connectivity index (χ1) is 15.8. The molecule has 2 aromatic heterocycles. The zero-order valence-corrected chi connectivity index (χ0v) is 18.6. The molecular weight excluding hydrogens is 431 g/mol. The Kier molecular flexibility index (Phi) is 6.14. The third-order valence-electron chi connectivity index (χ3n) is 5.68. The van der Waals surface area contributed by atoms with E-state index in [2.05, 4.69) is 15.7 Å². The topological polar surface area (TPSA) is 110 Å². The highest BCUT2D eigenvalue weighted by Gasteiger charge is 2.21. The quantitative estimate of drug-likeness (QED) is 0.583. The molecule has 3 heterocycles. The number of aryl methyl sites for hydroxylation is 1. The molecule has 174 valence electrons. The second kappa shape index (κ2) is 9.02. The number of carbonyl (C=O) groups is 1. The van der Waals surface area contributed by atoms with E-state index in [0.29, 0.717) is 37.5 Å². The highest BCUT2D eigenvalue weighted by molar-refractivity contribution is 5.94. The molecule has 0 bridgehead atoms. The smallest absolute Gasteiger partial charge is 0.274 e. The summed E-state index contributed by atoms with van der Waals surface area (Å²) in [5, 5.41) is 12.4. The molecule has 1 atom stereocenters. The number of benzene rings is 1. The van der Waals surface area contributed by atoms with Crippen molar-refractivity contribution < 1.29 is 13.9 Å². The minimum absolute atomic E-state index is 0.0666. The van der Waals surface area contributed by atoms with Gasteiger partial charge in [0.15, 0.2) is 5.82 Å². The van der Waals surface area contributed by atoms with Gasteiger partial charge in [-0.1, -0.05) is 12.1 Å². The molecule has 1 saturated heterocycles. The van der Waals surface area contributed by atoms with Gasteiger partial charge in [0.05, 0.1) is 48.7 Å². The summed E-state index contributed by atoms with van der Waals surface area (Å²) in [6, 6.07) is 5.28. The van der Waals surface area contributed by atoms with Crippen LogP contribution in [0.1, 0.15) is 28.9 Å². The maximum atomic E-state index is 15.0. The number of halogens is 1. The number of aromatic nitrogens is 3. The number of hydrogen-bond donors (Lipinski definition) is 2. The predicted molar refractivity (Wildman–Crippen MR) is 122 cm³/mol. The summed E-state index contributed by atoms with van der Waals surface area (Å²) in [4.78, 5) is 37.4. The Labute approximate surface area is 188 Å². The molecule has 0 saturated carbocycles. The van der Waals surface area contributed by atoms with Gasteiger partial charge in [0.2, 0.25) is 0 Å². The summed E-state index contributed by atoms with van der Waals surface area (Å²) in [5.41, 5.74) is -0.553. The van der Waals surface area contributed by atoms with Gasteiger partial charge < -0.3 is 20.4 Å². The van der Waals surface area contributed by atoms with Crippen LogP contribution < -0.4 is 26.8 Å². The molecular formula is C22H25FN6O4. The zero-order valence-electron chi connectivity index (χ0n) is 18.6. The van der Waals surface area contributed by atoms with Crippen LogP contribution in [0.4, 0.5) is 10.2 Å². The fourth-order valence-electron chi connectivity index (χ4n) is 3.89. The lowest BCUT2D eigenvalue weighted by Crippen LogP contribution is -2.48. The SMILES string of the molecule is CNC(=O)c1cccc(C(C)Nc2nn(C)c(=O)c3cc(=O)n(N4CCOCC4)cc23)c1F. The maximum absolute atomic E-state index is 15.0. The fraction of sp³-hybridized carbons (Fsp3) is 0.364. The molecule has 0 aliphatic carbocycles. The van der Waals surface area contributed by atoms with Gasteiger partial charge >= 0.3 is 0 Å². The highest BCUT2D eigenvalue weighted by atomic mass is 19.1. The Morgan fingerprint density at radius 2 is 1.94 bits per heavy atom. The summed E-state index contributed by atoms with van der Waals surface area (Å²) >= 11 is 0. The predicted octanol–water partition coefficient (Wildman–Crippen LogP) is 0.735. The van der Waals surface area contributed by atoms with Crippen LogP contribution in [-0.4, -0.2) is 53.7 Å². The highest BCUT2D eigenvalue weighted by Crippen LogP contribution is 2.26. The Hall–Kier alpha value is -3.73. The van der Waals surface area contributed by atoms with Crippen LogP contribution in [-0.2, 0) is 11.8 Å². The van der Waals surface area contributed by atoms with Gasteiger partial charge in [-0.3, -0.25) is 14.4 Å². The molecule has 2 N–H and O–H groups in total. The summed E-state index contributed by atoms with van der Waals surface area (Å²) in [7, 11) is 2.92. The minimum atomic E-state index is -0.642. The van der Waals surface area contributed by atoms with Crippen molar-refractivity contribution in [3.05, 3.63) is 68.1 Å². The lowest BCUT2D eigenvalue weighted by Gasteiger charge is -2.30. The van der Waals surface area contributed by atoms with Crippen molar-refractivity contribution in [3.63, 3.8) is 0 Å². The number of amides is 1. The number of pyridine rings is 1. The fourth-order valence-corrected chi connectivity index (χ4v) is 3.89. The van der Waals surface area contributed by atoms with Crippen molar-refractivity contribution in [2.75, 3.05) is 43.7 Å². The second-order valence-electron chi connectivity index (χ2n) is 7.78. The number of anilines is 1. The van der Waals surface area contributed by atoms with Gasteiger partial charge in [-0.15, -0.1) is 0 Å². The van der Waals surface area contributed by atoms with E-state index < -0.39 is 23.3 Å². The van der Waals surface area contributed by atoms with E-state index in [1.54, 1.807) is 25.3 Å². The Morgan fingerprint density at radius 3 is 2.64 bits per heavy atom. The zero-order chi connectivity index (χ0) is 23.7. The molecule has 1 unspecified atom stereocenters. The van der Waals surface area contributed by atoms with E-state index in [0.717, 1.165) is 4.68 Å². The number of nitrogens with zero attached hydrogens (tertiary/aromatic N) is 4. The Balaban J connectivity index is 1.79. The molecule has 1 fully saturated rings. The maximum Gasteiger partial charge on any atom is 0.274 e. The van der Waals surface area contributed by atoms with Crippen LogP contribution in [0.3, 0.4) is 0 Å². The van der Waals surface area contributed by atoms with Crippen LogP contribution in [0.25, 0.3) is 10.8 Å². The van der Waals surface area contributed by atoms with Crippen LogP contribution in [0.2, 0.25) is 0 Å². The number of carbonyl (C=O) groups excluding carboxylic acids is 1. The molecule has 11 heteroatoms. The van der Waals surface area contributed by atoms with Gasteiger partial charge in [0, 0.05) is 31.9 Å². The number of rotatable bonds is 5. The average molecular weight is 456 g/mol. The van der Waals surface area contributed by atoms with Crippen molar-refractivity contribution in [2.24, 2.45) is 7.05 Å². The van der Waals surface area contributed by atoms with Gasteiger partial charge in [0.25, 0.3) is 17.0 Å². The van der Waals surface area contributed by atoms with Gasteiger partial charge in [0.1, 0.15) is 5.82 Å². The third kappa shape index (κ3) is 4.19. The molecule has 1 aliphatic rings. The first kappa shape index (κ1) is 22.5. The van der Waals surface area contributed by atoms with E-state index in [4.69, 9.17) is 4.74 Å². The van der Waals surface area contributed by atoms with Crippen LogP contribution in [0, 0.1) is 5.82 Å². The van der Waals surface area contributed by atoms with E-state index in [9.17, 15) is 14.4 Å². The second-order valence-corrected chi connectivity index (χ2v) is 7.78. The first-order valence-electron chi connectivity index (χ1n) is 10.6. The summed E-state index contributed by atoms with van der Waals surface area (Å²) < 4.78 is 23.0. The van der Waals surface area contributed by atoms with E-state index in [-0.39, 0.29) is 22.1 Å². The minimum Gasteiger partial charge on any atom is -0.378 e. The summed E-state index contributed by atoms with van der Waals surface area (Å²) in [5.74, 6) is -0.857. The number of fused-ring (bicyclic) bond motifs is 1. The average Bonchev–Trinajstić information content (AvgIpc) is 2.82. The van der Waals surface area contributed by atoms with Crippen molar-refractivity contribution in [2.45, 2.75) is 13.0 Å². The number of nitrogens with one attached hydrogen (secondary N) is 2. The third-order valence-corrected chi connectivity index (χ3v) is 5.68. The van der Waals surface area contributed by atoms with Crippen molar-refractivity contribution in [3.8, 4) is 0 Å². The molecule has 0 radical (unpaired) electrons. The molecule has 1 aromatic carbocycles. The summed E-state index contributed by atoms with van der Waals surface area (Å²) in [6.45, 7) is 3.76. The standard InChI is InChI=1S/C22H25FN6O4/c1-13(14-5-4-6-15(19(14)23)21(31)24-2)25-20-17-12-29(28-7-9-33-10-8-28)18(30)11-16(17)22(32)27(3)26-20/h4-6,11-13H,7-10H2,1-3H3,(H,24,31)(H,25,26). The van der Waals surface area contributed by atoms with E-state index in [1.165, 1.54) is 30.9 Å². The van der Waals surface area contributed by atoms with Gasteiger partial charge in [-0.05, 0) is 13.0 Å². The Bertz CT molecular complexity index is 1330. The van der Waals surface area contributed by atoms with Crippen LogP contribution in [0.15, 0.2) is 40.1 Å². The lowest BCUT2D eigenvalue weighted by molar-refractivity contribution is 0.0959. The van der Waals surface area contributed by atoms with Crippen LogP contribution in [0.5, 0.6) is 0 Å². The first-order valence-corrected chi connectivity index (χ1v) is 10.6. The molecule has 4 rings (SSSR count). The molecule has 1 aliphatic heterocycles. The van der Waals surface area contributed by atoms with Crippen molar-refractivity contribution in [1.82, 2.24) is 19.8 Å². The molecule has 3 aromatic rings. The lowest BCUT2D eigenvalue weighted by atomic mass is 10.0. The van der Waals surface area contributed by atoms with Crippen molar-refractivity contribution >= 4 is 22.5 Å². The monoisotopic (exact) mass is 456 g/mol. The number of ether oxygens (including phenoxy) is 1. The molecule has 10 nitrogen and oxygen atoms in total. The number of morpholine rings is 1. The molecule has 0 spiro atoms. The van der Waals surface area contributed by atoms with Crippen LogP contribution >= 0.6 is 0 Å². The molecule has 1 amide bonds. The molecule has 33 heavy (non-hydrogen) atoms.